The highest BCUT2D eigenvalue weighted by Crippen LogP contribution is 2.10. The van der Waals surface area contributed by atoms with Crippen LogP contribution in [0.25, 0.3) is 0 Å². The summed E-state index contributed by atoms with van der Waals surface area (Å²) in [5.41, 5.74) is 0. The summed E-state index contributed by atoms with van der Waals surface area (Å²) < 4.78 is 38.4. The van der Waals surface area contributed by atoms with Gasteiger partial charge in [0.1, 0.15) is 5.78 Å². The maximum Gasteiger partial charge on any atom is 0.261 e. The van der Waals surface area contributed by atoms with Crippen LogP contribution < -0.4 is 4.72 Å². The lowest BCUT2D eigenvalue weighted by atomic mass is 10.3. The monoisotopic (exact) mass is 246 g/mol. The van der Waals surface area contributed by atoms with Crippen molar-refractivity contribution >= 4 is 15.8 Å². The van der Waals surface area contributed by atoms with Crippen molar-refractivity contribution in [3.63, 3.8) is 0 Å². The topological polar surface area (TPSA) is 76.1 Å². The summed E-state index contributed by atoms with van der Waals surface area (Å²) >= 11 is 0. The van der Waals surface area contributed by atoms with Crippen LogP contribution in [-0.4, -0.2) is 25.2 Å². The van der Waals surface area contributed by atoms with E-state index in [0.717, 1.165) is 12.3 Å². The van der Waals surface area contributed by atoms with E-state index in [1.807, 2.05) is 4.72 Å². The SMILES string of the molecule is CC(=O)C(C)NS(=O)(=O)c1ncccc1F. The molecule has 16 heavy (non-hydrogen) atoms. The van der Waals surface area contributed by atoms with Crippen molar-refractivity contribution in [3.05, 3.63) is 24.1 Å². The molecule has 1 heterocycles. The molecule has 0 bridgehead atoms. The number of aromatic nitrogens is 1. The zero-order valence-corrected chi connectivity index (χ0v) is 9.58. The predicted octanol–water partition coefficient (Wildman–Crippen LogP) is 0.476. The van der Waals surface area contributed by atoms with E-state index in [2.05, 4.69) is 4.98 Å². The van der Waals surface area contributed by atoms with Gasteiger partial charge in [-0.2, -0.15) is 4.72 Å². The standard InChI is InChI=1S/C9H11FN2O3S/c1-6(7(2)13)12-16(14,15)9-8(10)4-3-5-11-9/h3-6,12H,1-2H3. The predicted molar refractivity (Wildman–Crippen MR) is 54.7 cm³/mol. The molecule has 7 heteroatoms. The number of sulfonamides is 1. The van der Waals surface area contributed by atoms with Gasteiger partial charge < -0.3 is 0 Å². The number of rotatable bonds is 4. The lowest BCUT2D eigenvalue weighted by Gasteiger charge is -2.10. The molecule has 0 amide bonds. The molecule has 0 saturated carbocycles. The average Bonchev–Trinajstić information content (AvgIpc) is 2.17. The lowest BCUT2D eigenvalue weighted by molar-refractivity contribution is -0.118. The number of nitrogens with one attached hydrogen (secondary N) is 1. The summed E-state index contributed by atoms with van der Waals surface area (Å²) in [5, 5.41) is -0.705. The molecule has 1 unspecified atom stereocenters. The Hall–Kier alpha value is -1.34. The quantitative estimate of drug-likeness (QED) is 0.838. The molecule has 0 spiro atoms. The number of halogens is 1. The van der Waals surface area contributed by atoms with Crippen LogP contribution in [0.15, 0.2) is 23.4 Å². The Balaban J connectivity index is 3.04. The van der Waals surface area contributed by atoms with Crippen molar-refractivity contribution in [3.8, 4) is 0 Å². The highest BCUT2D eigenvalue weighted by Gasteiger charge is 2.23. The zero-order valence-electron chi connectivity index (χ0n) is 8.77. The number of carbonyl (C=O) groups is 1. The Morgan fingerprint density at radius 3 is 2.69 bits per heavy atom. The van der Waals surface area contributed by atoms with Gasteiger partial charge in [0.15, 0.2) is 5.82 Å². The summed E-state index contributed by atoms with van der Waals surface area (Å²) in [5.74, 6) is -1.31. The molecular weight excluding hydrogens is 235 g/mol. The van der Waals surface area contributed by atoms with Gasteiger partial charge in [0, 0.05) is 6.20 Å². The largest absolute Gasteiger partial charge is 0.298 e. The van der Waals surface area contributed by atoms with Crippen LogP contribution in [0.4, 0.5) is 4.39 Å². The van der Waals surface area contributed by atoms with E-state index in [0.29, 0.717) is 0 Å². The second kappa shape index (κ2) is 4.67. The van der Waals surface area contributed by atoms with Crippen LogP contribution in [0.1, 0.15) is 13.8 Å². The molecular formula is C9H11FN2O3S. The molecule has 0 saturated heterocycles. The highest BCUT2D eigenvalue weighted by molar-refractivity contribution is 7.89. The first-order valence-corrected chi connectivity index (χ1v) is 5.96. The smallest absolute Gasteiger partial charge is 0.261 e. The van der Waals surface area contributed by atoms with Gasteiger partial charge in [-0.25, -0.2) is 17.8 Å². The summed E-state index contributed by atoms with van der Waals surface area (Å²) in [6.07, 6.45) is 1.16. The lowest BCUT2D eigenvalue weighted by Crippen LogP contribution is -2.38. The van der Waals surface area contributed by atoms with Crippen LogP contribution in [0.2, 0.25) is 0 Å². The van der Waals surface area contributed by atoms with Crippen molar-refractivity contribution in [1.29, 1.82) is 0 Å². The fourth-order valence-corrected chi connectivity index (χ4v) is 2.21. The van der Waals surface area contributed by atoms with E-state index < -0.39 is 26.9 Å². The molecule has 0 aliphatic carbocycles. The van der Waals surface area contributed by atoms with Crippen molar-refractivity contribution in [2.75, 3.05) is 0 Å². The summed E-state index contributed by atoms with van der Waals surface area (Å²) in [6.45, 7) is 2.61. The summed E-state index contributed by atoms with van der Waals surface area (Å²) in [4.78, 5) is 14.3. The summed E-state index contributed by atoms with van der Waals surface area (Å²) in [6, 6.07) is 1.36. The third-order valence-electron chi connectivity index (χ3n) is 1.92. The number of carbonyl (C=O) groups excluding carboxylic acids is 1. The van der Waals surface area contributed by atoms with Gasteiger partial charge in [-0.3, -0.25) is 4.79 Å². The second-order valence-electron chi connectivity index (χ2n) is 3.24. The molecule has 88 valence electrons. The van der Waals surface area contributed by atoms with Gasteiger partial charge in [-0.05, 0) is 26.0 Å². The maximum atomic E-state index is 13.2. The molecule has 1 rings (SSSR count). The van der Waals surface area contributed by atoms with E-state index in [9.17, 15) is 17.6 Å². The van der Waals surface area contributed by atoms with E-state index in [1.54, 1.807) is 0 Å². The average molecular weight is 246 g/mol. The van der Waals surface area contributed by atoms with Gasteiger partial charge in [-0.1, -0.05) is 0 Å². The Kier molecular flexibility index (Phi) is 3.71. The van der Waals surface area contributed by atoms with Gasteiger partial charge in [-0.15, -0.1) is 0 Å². The van der Waals surface area contributed by atoms with Crippen LogP contribution in [0, 0.1) is 5.82 Å². The maximum absolute atomic E-state index is 13.2. The minimum atomic E-state index is -4.09. The Labute approximate surface area is 92.7 Å². The van der Waals surface area contributed by atoms with Crippen LogP contribution in [-0.2, 0) is 14.8 Å². The van der Waals surface area contributed by atoms with Gasteiger partial charge in [0.05, 0.1) is 6.04 Å². The first kappa shape index (κ1) is 12.7. The van der Waals surface area contributed by atoms with E-state index in [1.165, 1.54) is 19.9 Å². The molecule has 0 aromatic carbocycles. The van der Waals surface area contributed by atoms with E-state index in [4.69, 9.17) is 0 Å². The number of nitrogens with zero attached hydrogens (tertiary/aromatic N) is 1. The number of hydrogen-bond donors (Lipinski definition) is 1. The molecule has 1 aromatic heterocycles. The second-order valence-corrected chi connectivity index (χ2v) is 4.87. The normalized spacial score (nSPS) is 13.4. The third-order valence-corrected chi connectivity index (χ3v) is 3.39. The molecule has 1 atom stereocenters. The van der Waals surface area contributed by atoms with Crippen LogP contribution in [0.5, 0.6) is 0 Å². The molecule has 0 radical (unpaired) electrons. The fraction of sp³-hybridized carbons (Fsp3) is 0.333. The Bertz CT molecular complexity index is 501. The first-order valence-electron chi connectivity index (χ1n) is 4.48. The van der Waals surface area contributed by atoms with E-state index >= 15 is 0 Å². The third kappa shape index (κ3) is 2.83. The molecule has 0 aliphatic rings. The first-order chi connectivity index (χ1) is 7.34. The van der Waals surface area contributed by atoms with Crippen molar-refractivity contribution in [1.82, 2.24) is 9.71 Å². The number of hydrogen-bond acceptors (Lipinski definition) is 4. The number of ketones is 1. The number of pyridine rings is 1. The van der Waals surface area contributed by atoms with Gasteiger partial charge in [0.2, 0.25) is 5.03 Å². The van der Waals surface area contributed by atoms with E-state index in [-0.39, 0.29) is 5.78 Å². The summed E-state index contributed by atoms with van der Waals surface area (Å²) in [7, 11) is -4.09. The highest BCUT2D eigenvalue weighted by atomic mass is 32.2. The van der Waals surface area contributed by atoms with Crippen LogP contribution >= 0.6 is 0 Å². The Morgan fingerprint density at radius 2 is 2.19 bits per heavy atom. The zero-order chi connectivity index (χ0) is 12.3. The minimum Gasteiger partial charge on any atom is -0.298 e. The fourth-order valence-electron chi connectivity index (χ4n) is 0.940. The Morgan fingerprint density at radius 1 is 1.56 bits per heavy atom. The molecule has 1 aromatic rings. The van der Waals surface area contributed by atoms with Gasteiger partial charge in [0.25, 0.3) is 10.0 Å². The minimum absolute atomic E-state index is 0.361. The number of Topliss-reactive ketones (excluding diaryl/α,β-unsaturated/α-hetero) is 1. The molecule has 0 aliphatic heterocycles. The molecule has 0 fully saturated rings. The van der Waals surface area contributed by atoms with Crippen LogP contribution in [0.3, 0.4) is 0 Å². The van der Waals surface area contributed by atoms with Crippen molar-refractivity contribution in [2.24, 2.45) is 0 Å². The van der Waals surface area contributed by atoms with Crippen molar-refractivity contribution < 1.29 is 17.6 Å². The van der Waals surface area contributed by atoms with Crippen molar-refractivity contribution in [2.45, 2.75) is 24.9 Å². The van der Waals surface area contributed by atoms with Gasteiger partial charge >= 0.3 is 0 Å². The molecule has 1 N–H and O–H groups in total. The molecule has 5 nitrogen and oxygen atoms in total.